The Hall–Kier alpha value is -1.37. The molecule has 4 nitrogen and oxygen atoms in total. The van der Waals surface area contributed by atoms with Gasteiger partial charge in [-0.2, -0.15) is 13.2 Å². The maximum absolute atomic E-state index is 12.0. The van der Waals surface area contributed by atoms with E-state index in [-0.39, 0.29) is 10.8 Å². The highest BCUT2D eigenvalue weighted by Crippen LogP contribution is 2.19. The summed E-state index contributed by atoms with van der Waals surface area (Å²) in [7, 11) is 1.27. The summed E-state index contributed by atoms with van der Waals surface area (Å²) in [5, 5.41) is 0.111. The van der Waals surface area contributed by atoms with Crippen molar-refractivity contribution in [3.05, 3.63) is 23.2 Å². The molecule has 1 amide bonds. The minimum atomic E-state index is -4.29. The number of halogens is 4. The summed E-state index contributed by atoms with van der Waals surface area (Å²) in [6.45, 7) is -0.424. The predicted octanol–water partition coefficient (Wildman–Crippen LogP) is 2.15. The van der Waals surface area contributed by atoms with Gasteiger partial charge in [0.1, 0.15) is 10.8 Å². The third-order valence-corrected chi connectivity index (χ3v) is 2.11. The molecule has 0 bridgehead atoms. The van der Waals surface area contributed by atoms with Gasteiger partial charge in [0, 0.05) is 13.6 Å². The summed E-state index contributed by atoms with van der Waals surface area (Å²) in [4.78, 5) is 19.8. The maximum atomic E-state index is 12.0. The zero-order valence-electron chi connectivity index (χ0n) is 8.83. The highest BCUT2D eigenvalue weighted by Gasteiger charge is 2.28. The topological polar surface area (TPSA) is 46.1 Å². The molecule has 0 saturated carbocycles. The fourth-order valence-electron chi connectivity index (χ4n) is 1.01. The van der Waals surface area contributed by atoms with Gasteiger partial charge in [0.15, 0.2) is 0 Å². The first-order valence-corrected chi connectivity index (χ1v) is 4.97. The van der Waals surface area contributed by atoms with Crippen molar-refractivity contribution >= 4 is 17.5 Å². The van der Waals surface area contributed by atoms with Gasteiger partial charge in [-0.25, -0.2) is 9.97 Å². The van der Waals surface area contributed by atoms with Crippen molar-refractivity contribution in [1.29, 1.82) is 0 Å². The Bertz CT molecular complexity index is 393. The van der Waals surface area contributed by atoms with Gasteiger partial charge in [-0.3, -0.25) is 4.79 Å². The number of nitrogens with zero attached hydrogens (tertiary/aromatic N) is 3. The van der Waals surface area contributed by atoms with Gasteiger partial charge < -0.3 is 4.90 Å². The summed E-state index contributed by atoms with van der Waals surface area (Å²) >= 11 is 5.47. The number of rotatable bonds is 3. The van der Waals surface area contributed by atoms with E-state index in [9.17, 15) is 18.0 Å². The smallest absolute Gasteiger partial charge is 0.340 e. The largest absolute Gasteiger partial charge is 0.390 e. The van der Waals surface area contributed by atoms with Crippen LogP contribution in [0.2, 0.25) is 5.15 Å². The molecule has 0 aliphatic carbocycles. The van der Waals surface area contributed by atoms with Crippen LogP contribution in [0.4, 0.5) is 13.2 Å². The lowest BCUT2D eigenvalue weighted by Crippen LogP contribution is -2.31. The van der Waals surface area contributed by atoms with Gasteiger partial charge in [-0.15, -0.1) is 0 Å². The number of carbonyl (C=O) groups excluding carboxylic acids is 1. The minimum absolute atomic E-state index is 0.0425. The molecule has 0 aromatic carbocycles. The van der Waals surface area contributed by atoms with Gasteiger partial charge in [0.05, 0.1) is 18.8 Å². The third kappa shape index (κ3) is 4.56. The fourth-order valence-corrected chi connectivity index (χ4v) is 1.11. The van der Waals surface area contributed by atoms with E-state index in [0.717, 1.165) is 17.3 Å². The molecular formula is C9H9ClF3N3O. The van der Waals surface area contributed by atoms with Crippen molar-refractivity contribution in [2.45, 2.75) is 12.6 Å². The second-order valence-corrected chi connectivity index (χ2v) is 3.70. The number of amides is 1. The van der Waals surface area contributed by atoms with Crippen molar-refractivity contribution in [3.63, 3.8) is 0 Å². The Kier molecular flexibility index (Phi) is 4.28. The van der Waals surface area contributed by atoms with Gasteiger partial charge >= 0.3 is 6.18 Å². The second kappa shape index (κ2) is 5.31. The molecule has 0 radical (unpaired) electrons. The van der Waals surface area contributed by atoms with Crippen LogP contribution in [0.3, 0.4) is 0 Å². The molecule has 0 aliphatic heterocycles. The highest BCUT2D eigenvalue weighted by molar-refractivity contribution is 6.29. The predicted molar refractivity (Wildman–Crippen MR) is 54.7 cm³/mol. The molecule has 0 aliphatic rings. The molecule has 0 N–H and O–H groups in total. The van der Waals surface area contributed by atoms with Crippen LogP contribution in [0.15, 0.2) is 12.4 Å². The van der Waals surface area contributed by atoms with E-state index in [1.807, 2.05) is 0 Å². The summed E-state index contributed by atoms with van der Waals surface area (Å²) < 4.78 is 35.9. The Balaban J connectivity index is 2.61. The molecule has 0 fully saturated rings. The molecule has 1 aromatic heterocycles. The SMILES string of the molecule is CN(CCC(F)(F)F)C(=O)c1cnc(Cl)cn1. The molecule has 8 heteroatoms. The fraction of sp³-hybridized carbons (Fsp3) is 0.444. The molecule has 1 aromatic rings. The quantitative estimate of drug-likeness (QED) is 0.843. The van der Waals surface area contributed by atoms with E-state index in [0.29, 0.717) is 0 Å². The minimum Gasteiger partial charge on any atom is -0.340 e. The van der Waals surface area contributed by atoms with Crippen LogP contribution in [0.1, 0.15) is 16.9 Å². The van der Waals surface area contributed by atoms with Gasteiger partial charge in [0.2, 0.25) is 0 Å². The number of aromatic nitrogens is 2. The lowest BCUT2D eigenvalue weighted by Gasteiger charge is -2.17. The van der Waals surface area contributed by atoms with Crippen molar-refractivity contribution in [2.75, 3.05) is 13.6 Å². The summed E-state index contributed by atoms with van der Waals surface area (Å²) in [6.07, 6.45) is -3.07. The van der Waals surface area contributed by atoms with E-state index in [4.69, 9.17) is 11.6 Å². The average Bonchev–Trinajstić information content (AvgIpc) is 2.25. The number of hydrogen-bond acceptors (Lipinski definition) is 3. The first-order chi connectivity index (χ1) is 7.79. The highest BCUT2D eigenvalue weighted by atomic mass is 35.5. The Morgan fingerprint density at radius 2 is 2.06 bits per heavy atom. The molecule has 0 saturated heterocycles. The monoisotopic (exact) mass is 267 g/mol. The van der Waals surface area contributed by atoms with Crippen molar-refractivity contribution < 1.29 is 18.0 Å². The van der Waals surface area contributed by atoms with Crippen LogP contribution in [-0.2, 0) is 0 Å². The molecule has 0 atom stereocenters. The summed E-state index contributed by atoms with van der Waals surface area (Å²) in [6, 6.07) is 0. The standard InChI is InChI=1S/C9H9ClF3N3O/c1-16(3-2-9(11,12)13)8(17)6-4-15-7(10)5-14-6/h4-5H,2-3H2,1H3. The van der Waals surface area contributed by atoms with E-state index < -0.39 is 25.0 Å². The first-order valence-electron chi connectivity index (χ1n) is 4.59. The molecule has 1 rings (SSSR count). The second-order valence-electron chi connectivity index (χ2n) is 3.32. The molecule has 0 spiro atoms. The van der Waals surface area contributed by atoms with Gasteiger partial charge in [0.25, 0.3) is 5.91 Å². The molecular weight excluding hydrogens is 259 g/mol. The number of carbonyl (C=O) groups is 1. The third-order valence-electron chi connectivity index (χ3n) is 1.92. The zero-order valence-corrected chi connectivity index (χ0v) is 9.59. The summed E-state index contributed by atoms with van der Waals surface area (Å²) in [5.74, 6) is -0.626. The lowest BCUT2D eigenvalue weighted by atomic mass is 10.3. The van der Waals surface area contributed by atoms with E-state index in [1.165, 1.54) is 7.05 Å². The van der Waals surface area contributed by atoms with Gasteiger partial charge in [-0.05, 0) is 0 Å². The molecule has 1 heterocycles. The molecule has 0 unspecified atom stereocenters. The van der Waals surface area contributed by atoms with Gasteiger partial charge in [-0.1, -0.05) is 11.6 Å². The van der Waals surface area contributed by atoms with Crippen LogP contribution in [0.5, 0.6) is 0 Å². The van der Waals surface area contributed by atoms with Crippen LogP contribution in [0, 0.1) is 0 Å². The normalized spacial score (nSPS) is 11.4. The van der Waals surface area contributed by atoms with Crippen molar-refractivity contribution in [2.24, 2.45) is 0 Å². The maximum Gasteiger partial charge on any atom is 0.390 e. The van der Waals surface area contributed by atoms with Crippen molar-refractivity contribution in [3.8, 4) is 0 Å². The van der Waals surface area contributed by atoms with Crippen LogP contribution in [0.25, 0.3) is 0 Å². The van der Waals surface area contributed by atoms with E-state index >= 15 is 0 Å². The van der Waals surface area contributed by atoms with Crippen LogP contribution in [-0.4, -0.2) is 40.5 Å². The number of hydrogen-bond donors (Lipinski definition) is 0. The van der Waals surface area contributed by atoms with Crippen LogP contribution >= 0.6 is 11.6 Å². The van der Waals surface area contributed by atoms with Crippen LogP contribution < -0.4 is 0 Å². The Morgan fingerprint density at radius 1 is 1.41 bits per heavy atom. The lowest BCUT2D eigenvalue weighted by molar-refractivity contribution is -0.136. The Morgan fingerprint density at radius 3 is 2.53 bits per heavy atom. The van der Waals surface area contributed by atoms with Crippen molar-refractivity contribution in [1.82, 2.24) is 14.9 Å². The zero-order chi connectivity index (χ0) is 13.1. The number of alkyl halides is 3. The van der Waals surface area contributed by atoms with E-state index in [1.54, 1.807) is 0 Å². The first kappa shape index (κ1) is 13.7. The molecule has 94 valence electrons. The van der Waals surface area contributed by atoms with E-state index in [2.05, 4.69) is 9.97 Å². The Labute approximate surface area is 100 Å². The summed E-state index contributed by atoms with van der Waals surface area (Å²) in [5.41, 5.74) is -0.0425. The average molecular weight is 268 g/mol. The molecule has 17 heavy (non-hydrogen) atoms.